The Hall–Kier alpha value is -2.64. The number of rotatable bonds is 9. The van der Waals surface area contributed by atoms with Crippen LogP contribution < -0.4 is 9.64 Å². The van der Waals surface area contributed by atoms with Gasteiger partial charge in [0.1, 0.15) is 18.0 Å². The van der Waals surface area contributed by atoms with Gasteiger partial charge in [-0.25, -0.2) is 0 Å². The van der Waals surface area contributed by atoms with Gasteiger partial charge >= 0.3 is 0 Å². The van der Waals surface area contributed by atoms with Crippen LogP contribution in [0, 0.1) is 0 Å². The van der Waals surface area contributed by atoms with E-state index in [1.165, 1.54) is 5.56 Å². The molecule has 0 bridgehead atoms. The first-order valence-electron chi connectivity index (χ1n) is 12.6. The number of β-amino-alcohol motifs (C(OH)–C–C–N with tert-alkyl or cyclic N) is 1. The Bertz CT molecular complexity index is 1100. The number of benzene rings is 2. The molecule has 1 saturated heterocycles. The minimum atomic E-state index is -1.02. The van der Waals surface area contributed by atoms with E-state index in [9.17, 15) is 5.11 Å². The van der Waals surface area contributed by atoms with Gasteiger partial charge in [-0.3, -0.25) is 9.88 Å². The predicted octanol–water partition coefficient (Wildman–Crippen LogP) is 4.83. The summed E-state index contributed by atoms with van der Waals surface area (Å²) in [6.07, 6.45) is 2.68. The minimum absolute atomic E-state index is 0.0119. The predicted molar refractivity (Wildman–Crippen MR) is 145 cm³/mol. The van der Waals surface area contributed by atoms with Gasteiger partial charge in [-0.15, -0.1) is 0 Å². The molecule has 0 aliphatic carbocycles. The van der Waals surface area contributed by atoms with Crippen LogP contribution in [0.1, 0.15) is 43.6 Å². The van der Waals surface area contributed by atoms with Crippen molar-refractivity contribution < 1.29 is 14.9 Å². The molecule has 1 aliphatic rings. The Morgan fingerprint density at radius 3 is 2.39 bits per heavy atom. The molecule has 6 nitrogen and oxygen atoms in total. The Morgan fingerprint density at radius 1 is 1.06 bits per heavy atom. The molecule has 0 spiro atoms. The normalized spacial score (nSPS) is 20.2. The van der Waals surface area contributed by atoms with E-state index in [0.29, 0.717) is 11.6 Å². The molecule has 1 aromatic heterocycles. The molecule has 0 amide bonds. The lowest BCUT2D eigenvalue weighted by Gasteiger charge is -2.48. The number of hydrogen-bond acceptors (Lipinski definition) is 6. The molecule has 4 rings (SSSR count). The molecule has 7 heteroatoms. The Balaban J connectivity index is 1.59. The molecule has 0 saturated carbocycles. The summed E-state index contributed by atoms with van der Waals surface area (Å²) in [5.41, 5.74) is 3.11. The van der Waals surface area contributed by atoms with Crippen LogP contribution in [0.3, 0.4) is 0 Å². The zero-order chi connectivity index (χ0) is 25.7. The first-order valence-corrected chi connectivity index (χ1v) is 13.0. The summed E-state index contributed by atoms with van der Waals surface area (Å²) in [4.78, 5) is 9.27. The maximum atomic E-state index is 11.4. The second-order valence-corrected chi connectivity index (χ2v) is 10.2. The average molecular weight is 510 g/mol. The van der Waals surface area contributed by atoms with Crippen LogP contribution in [0.15, 0.2) is 66.9 Å². The van der Waals surface area contributed by atoms with Crippen LogP contribution in [0.25, 0.3) is 0 Å². The summed E-state index contributed by atoms with van der Waals surface area (Å²) in [6, 6.07) is 20.3. The highest BCUT2D eigenvalue weighted by Crippen LogP contribution is 2.36. The highest BCUT2D eigenvalue weighted by molar-refractivity contribution is 6.30. The maximum absolute atomic E-state index is 11.4. The van der Waals surface area contributed by atoms with Crippen LogP contribution in [0.2, 0.25) is 5.02 Å². The summed E-state index contributed by atoms with van der Waals surface area (Å²) in [5.74, 6) is 0.737. The molecule has 0 radical (unpaired) electrons. The quantitative estimate of drug-likeness (QED) is 0.430. The standard InChI is InChI=1S/C29H36ClN3O3/c1-4-25-10-7-23(17-31-25)29(3,35)20-32-18-21(2)33(26-11-13-27(14-12-26)36-16-15-34)28(19-32)22-5-8-24(30)9-6-22/h5-14,17,21,28,34-35H,4,15-16,18-20H2,1-3H3/t21?,28-,29+/m0/s1. The van der Waals surface area contributed by atoms with Gasteiger partial charge in [0.15, 0.2) is 0 Å². The summed E-state index contributed by atoms with van der Waals surface area (Å²) >= 11 is 6.20. The van der Waals surface area contributed by atoms with Crippen molar-refractivity contribution in [3.05, 3.63) is 88.7 Å². The van der Waals surface area contributed by atoms with E-state index in [2.05, 4.69) is 52.9 Å². The molecule has 1 fully saturated rings. The number of hydrogen-bond donors (Lipinski definition) is 2. The molecule has 3 atom stereocenters. The topological polar surface area (TPSA) is 69.1 Å². The number of ether oxygens (including phenoxy) is 1. The van der Waals surface area contributed by atoms with E-state index in [1.807, 2.05) is 43.3 Å². The number of anilines is 1. The second-order valence-electron chi connectivity index (χ2n) is 9.75. The van der Waals surface area contributed by atoms with Crippen LogP contribution in [0.5, 0.6) is 5.75 Å². The average Bonchev–Trinajstić information content (AvgIpc) is 2.88. The van der Waals surface area contributed by atoms with Gasteiger partial charge in [0, 0.05) is 53.8 Å². The molecule has 36 heavy (non-hydrogen) atoms. The van der Waals surface area contributed by atoms with E-state index < -0.39 is 5.60 Å². The third-order valence-electron chi connectivity index (χ3n) is 6.85. The highest BCUT2D eigenvalue weighted by atomic mass is 35.5. The van der Waals surface area contributed by atoms with Crippen molar-refractivity contribution in [3.8, 4) is 5.75 Å². The van der Waals surface area contributed by atoms with Crippen LogP contribution in [0.4, 0.5) is 5.69 Å². The van der Waals surface area contributed by atoms with Crippen molar-refractivity contribution >= 4 is 17.3 Å². The number of aryl methyl sites for hydroxylation is 1. The molecule has 1 unspecified atom stereocenters. The molecular weight excluding hydrogens is 474 g/mol. The number of nitrogens with zero attached hydrogens (tertiary/aromatic N) is 3. The monoisotopic (exact) mass is 509 g/mol. The SMILES string of the molecule is CCc1ccc([C@](C)(O)CN2CC(C)N(c3ccc(OCCO)cc3)[C@H](c3ccc(Cl)cc3)C2)cn1. The molecule has 2 heterocycles. The molecular formula is C29H36ClN3O3. The van der Waals surface area contributed by atoms with Crippen LogP contribution in [-0.2, 0) is 12.0 Å². The van der Waals surface area contributed by atoms with E-state index >= 15 is 0 Å². The van der Waals surface area contributed by atoms with E-state index in [4.69, 9.17) is 21.4 Å². The van der Waals surface area contributed by atoms with Gasteiger partial charge in [-0.1, -0.05) is 36.7 Å². The smallest absolute Gasteiger partial charge is 0.119 e. The van der Waals surface area contributed by atoms with Crippen molar-refractivity contribution in [3.63, 3.8) is 0 Å². The van der Waals surface area contributed by atoms with Gasteiger partial charge in [-0.05, 0) is 68.3 Å². The zero-order valence-corrected chi connectivity index (χ0v) is 22.0. The largest absolute Gasteiger partial charge is 0.491 e. The van der Waals surface area contributed by atoms with Gasteiger partial charge in [-0.2, -0.15) is 0 Å². The number of aromatic nitrogens is 1. The van der Waals surface area contributed by atoms with E-state index in [1.54, 1.807) is 6.20 Å². The van der Waals surface area contributed by atoms with E-state index in [0.717, 1.165) is 42.2 Å². The van der Waals surface area contributed by atoms with E-state index in [-0.39, 0.29) is 25.3 Å². The third kappa shape index (κ3) is 6.19. The van der Waals surface area contributed by atoms with Gasteiger partial charge < -0.3 is 19.8 Å². The number of pyridine rings is 1. The van der Waals surface area contributed by atoms with Crippen molar-refractivity contribution in [2.75, 3.05) is 37.7 Å². The Morgan fingerprint density at radius 2 is 1.78 bits per heavy atom. The second kappa shape index (κ2) is 11.6. The first-order chi connectivity index (χ1) is 17.3. The molecule has 2 N–H and O–H groups in total. The van der Waals surface area contributed by atoms with Gasteiger partial charge in [0.05, 0.1) is 12.6 Å². The number of aliphatic hydroxyl groups excluding tert-OH is 1. The first kappa shape index (κ1) is 26.4. The molecule has 1 aliphatic heterocycles. The number of piperazine rings is 1. The van der Waals surface area contributed by atoms with Crippen molar-refractivity contribution in [1.29, 1.82) is 0 Å². The fourth-order valence-electron chi connectivity index (χ4n) is 5.05. The Labute approximate surface area is 219 Å². The molecule has 2 aromatic carbocycles. The summed E-state index contributed by atoms with van der Waals surface area (Å²) < 4.78 is 5.55. The van der Waals surface area contributed by atoms with Crippen LogP contribution >= 0.6 is 11.6 Å². The maximum Gasteiger partial charge on any atom is 0.119 e. The Kier molecular flexibility index (Phi) is 8.52. The fourth-order valence-corrected chi connectivity index (χ4v) is 5.17. The van der Waals surface area contributed by atoms with Crippen molar-refractivity contribution in [2.45, 2.75) is 44.9 Å². The fraction of sp³-hybridized carbons (Fsp3) is 0.414. The summed E-state index contributed by atoms with van der Waals surface area (Å²) in [7, 11) is 0. The van der Waals surface area contributed by atoms with Gasteiger partial charge in [0.25, 0.3) is 0 Å². The lowest BCUT2D eigenvalue weighted by Crippen LogP contribution is -2.56. The van der Waals surface area contributed by atoms with Crippen LogP contribution in [-0.4, -0.2) is 59.0 Å². The van der Waals surface area contributed by atoms with Gasteiger partial charge in [0.2, 0.25) is 0 Å². The summed E-state index contributed by atoms with van der Waals surface area (Å²) in [6.45, 7) is 8.51. The third-order valence-corrected chi connectivity index (χ3v) is 7.11. The lowest BCUT2D eigenvalue weighted by atomic mass is 9.93. The highest BCUT2D eigenvalue weighted by Gasteiger charge is 2.36. The summed E-state index contributed by atoms with van der Waals surface area (Å²) in [5, 5.41) is 21.2. The number of halogens is 1. The number of aliphatic hydroxyl groups is 2. The lowest BCUT2D eigenvalue weighted by molar-refractivity contribution is 0.00610. The molecule has 192 valence electrons. The zero-order valence-electron chi connectivity index (χ0n) is 21.3. The van der Waals surface area contributed by atoms with Crippen molar-refractivity contribution in [1.82, 2.24) is 9.88 Å². The minimum Gasteiger partial charge on any atom is -0.491 e. The van der Waals surface area contributed by atoms with Crippen molar-refractivity contribution in [2.24, 2.45) is 0 Å². The molecule has 3 aromatic rings.